The summed E-state index contributed by atoms with van der Waals surface area (Å²) in [6.07, 6.45) is 2.92. The van der Waals surface area contributed by atoms with Gasteiger partial charge in [0.2, 0.25) is 0 Å². The summed E-state index contributed by atoms with van der Waals surface area (Å²) in [6, 6.07) is 8.24. The predicted molar refractivity (Wildman–Crippen MR) is 68.7 cm³/mol. The number of allylic oxidation sites excluding steroid dienone is 1. The van der Waals surface area contributed by atoms with E-state index in [2.05, 4.69) is 26.0 Å². The molecule has 0 heterocycles. The van der Waals surface area contributed by atoms with Crippen LogP contribution >= 0.6 is 0 Å². The van der Waals surface area contributed by atoms with Gasteiger partial charge in [-0.2, -0.15) is 0 Å². The van der Waals surface area contributed by atoms with Crippen LogP contribution < -0.4 is 10.5 Å². The fourth-order valence-electron chi connectivity index (χ4n) is 1.46. The molecule has 88 valence electrons. The summed E-state index contributed by atoms with van der Waals surface area (Å²) in [5, 5.41) is 0. The molecule has 0 bridgehead atoms. The Bertz CT molecular complexity index is 352. The van der Waals surface area contributed by atoms with Crippen LogP contribution in [-0.4, -0.2) is 12.6 Å². The Morgan fingerprint density at radius 1 is 1.38 bits per heavy atom. The van der Waals surface area contributed by atoms with E-state index in [0.29, 0.717) is 6.61 Å². The summed E-state index contributed by atoms with van der Waals surface area (Å²) in [5.74, 6) is 0.942. The first kappa shape index (κ1) is 12.8. The van der Waals surface area contributed by atoms with Gasteiger partial charge in [0.1, 0.15) is 12.4 Å². The lowest BCUT2D eigenvalue weighted by Crippen LogP contribution is -2.18. The standard InChI is InChI=1S/C14H21NO/c1-11(2)8-9-16-14-7-5-4-6-13(14)10-12(3)15/h4-8,12H,9-10,15H2,1-3H3. The summed E-state index contributed by atoms with van der Waals surface area (Å²) in [6.45, 7) is 6.76. The number of para-hydroxylation sites is 1. The number of hydrogen-bond acceptors (Lipinski definition) is 2. The molecule has 0 aliphatic carbocycles. The molecule has 0 radical (unpaired) electrons. The molecule has 1 aromatic rings. The Kier molecular flexibility index (Phi) is 5.06. The minimum Gasteiger partial charge on any atom is -0.489 e. The molecule has 1 atom stereocenters. The van der Waals surface area contributed by atoms with Gasteiger partial charge in [0, 0.05) is 6.04 Å². The Labute approximate surface area is 98.1 Å². The molecule has 0 saturated carbocycles. The molecule has 1 aromatic carbocycles. The SMILES string of the molecule is CC(C)=CCOc1ccccc1CC(C)N. The van der Waals surface area contributed by atoms with E-state index >= 15 is 0 Å². The fourth-order valence-corrected chi connectivity index (χ4v) is 1.46. The first-order valence-electron chi connectivity index (χ1n) is 5.69. The number of benzene rings is 1. The Hall–Kier alpha value is -1.28. The van der Waals surface area contributed by atoms with Crippen molar-refractivity contribution < 1.29 is 4.74 Å². The second-order valence-corrected chi connectivity index (χ2v) is 4.38. The molecule has 2 N–H and O–H groups in total. The molecule has 0 fully saturated rings. The lowest BCUT2D eigenvalue weighted by molar-refractivity contribution is 0.357. The van der Waals surface area contributed by atoms with E-state index in [0.717, 1.165) is 12.2 Å². The summed E-state index contributed by atoms with van der Waals surface area (Å²) in [4.78, 5) is 0. The average Bonchev–Trinajstić information content (AvgIpc) is 2.19. The van der Waals surface area contributed by atoms with Gasteiger partial charge in [-0.1, -0.05) is 23.8 Å². The smallest absolute Gasteiger partial charge is 0.123 e. The van der Waals surface area contributed by atoms with E-state index in [4.69, 9.17) is 10.5 Å². The maximum absolute atomic E-state index is 5.80. The maximum Gasteiger partial charge on any atom is 0.123 e. The molecule has 0 aromatic heterocycles. The monoisotopic (exact) mass is 219 g/mol. The lowest BCUT2D eigenvalue weighted by atomic mass is 10.1. The van der Waals surface area contributed by atoms with Crippen LogP contribution in [0, 0.1) is 0 Å². The van der Waals surface area contributed by atoms with Crippen LogP contribution in [0.3, 0.4) is 0 Å². The zero-order valence-corrected chi connectivity index (χ0v) is 10.4. The van der Waals surface area contributed by atoms with Gasteiger partial charge in [-0.05, 0) is 44.9 Å². The molecule has 1 rings (SSSR count). The van der Waals surface area contributed by atoms with Crippen molar-refractivity contribution in [2.75, 3.05) is 6.61 Å². The van der Waals surface area contributed by atoms with Crippen LogP contribution in [0.15, 0.2) is 35.9 Å². The minimum atomic E-state index is 0.160. The van der Waals surface area contributed by atoms with Gasteiger partial charge in [0.15, 0.2) is 0 Å². The van der Waals surface area contributed by atoms with Crippen LogP contribution in [0.5, 0.6) is 5.75 Å². The molecule has 0 saturated heterocycles. The second-order valence-electron chi connectivity index (χ2n) is 4.38. The van der Waals surface area contributed by atoms with Crippen LogP contribution in [0.25, 0.3) is 0 Å². The highest BCUT2D eigenvalue weighted by molar-refractivity contribution is 5.34. The van der Waals surface area contributed by atoms with Gasteiger partial charge in [0.25, 0.3) is 0 Å². The third-order valence-electron chi connectivity index (χ3n) is 2.24. The molecule has 1 unspecified atom stereocenters. The van der Waals surface area contributed by atoms with Crippen LogP contribution in [0.1, 0.15) is 26.3 Å². The molecule has 2 nitrogen and oxygen atoms in total. The maximum atomic E-state index is 5.80. The Balaban J connectivity index is 2.67. The first-order chi connectivity index (χ1) is 7.59. The van der Waals surface area contributed by atoms with E-state index in [1.54, 1.807) is 0 Å². The quantitative estimate of drug-likeness (QED) is 0.773. The van der Waals surface area contributed by atoms with E-state index in [9.17, 15) is 0 Å². The largest absolute Gasteiger partial charge is 0.489 e. The lowest BCUT2D eigenvalue weighted by Gasteiger charge is -2.11. The summed E-state index contributed by atoms with van der Waals surface area (Å²) >= 11 is 0. The zero-order chi connectivity index (χ0) is 12.0. The third-order valence-corrected chi connectivity index (χ3v) is 2.24. The van der Waals surface area contributed by atoms with Crippen molar-refractivity contribution in [1.29, 1.82) is 0 Å². The van der Waals surface area contributed by atoms with E-state index in [1.165, 1.54) is 11.1 Å². The van der Waals surface area contributed by atoms with Gasteiger partial charge in [0.05, 0.1) is 0 Å². The van der Waals surface area contributed by atoms with Crippen molar-refractivity contribution in [3.05, 3.63) is 41.5 Å². The molecule has 0 spiro atoms. The Morgan fingerprint density at radius 2 is 2.06 bits per heavy atom. The minimum absolute atomic E-state index is 0.160. The van der Waals surface area contributed by atoms with Crippen molar-refractivity contribution in [2.24, 2.45) is 5.73 Å². The van der Waals surface area contributed by atoms with Gasteiger partial charge >= 0.3 is 0 Å². The van der Waals surface area contributed by atoms with Crippen molar-refractivity contribution >= 4 is 0 Å². The third kappa shape index (κ3) is 4.49. The molecular formula is C14H21NO. The van der Waals surface area contributed by atoms with Gasteiger partial charge in [-0.15, -0.1) is 0 Å². The molecule has 0 aliphatic heterocycles. The van der Waals surface area contributed by atoms with Crippen molar-refractivity contribution in [1.82, 2.24) is 0 Å². The number of ether oxygens (including phenoxy) is 1. The van der Waals surface area contributed by atoms with E-state index in [-0.39, 0.29) is 6.04 Å². The highest BCUT2D eigenvalue weighted by Gasteiger charge is 2.04. The van der Waals surface area contributed by atoms with Gasteiger partial charge < -0.3 is 10.5 Å². The van der Waals surface area contributed by atoms with E-state index in [1.807, 2.05) is 25.1 Å². The van der Waals surface area contributed by atoms with Crippen molar-refractivity contribution in [3.63, 3.8) is 0 Å². The average molecular weight is 219 g/mol. The molecular weight excluding hydrogens is 198 g/mol. The topological polar surface area (TPSA) is 35.2 Å². The van der Waals surface area contributed by atoms with Gasteiger partial charge in [-0.3, -0.25) is 0 Å². The molecule has 2 heteroatoms. The zero-order valence-electron chi connectivity index (χ0n) is 10.4. The number of hydrogen-bond donors (Lipinski definition) is 1. The van der Waals surface area contributed by atoms with Crippen LogP contribution in [0.2, 0.25) is 0 Å². The van der Waals surface area contributed by atoms with Crippen LogP contribution in [-0.2, 0) is 6.42 Å². The van der Waals surface area contributed by atoms with E-state index < -0.39 is 0 Å². The van der Waals surface area contributed by atoms with Crippen LogP contribution in [0.4, 0.5) is 0 Å². The fraction of sp³-hybridized carbons (Fsp3) is 0.429. The molecule has 16 heavy (non-hydrogen) atoms. The second kappa shape index (κ2) is 6.33. The van der Waals surface area contributed by atoms with Crippen molar-refractivity contribution in [3.8, 4) is 5.75 Å². The predicted octanol–water partition coefficient (Wildman–Crippen LogP) is 2.92. The highest BCUT2D eigenvalue weighted by Crippen LogP contribution is 2.19. The van der Waals surface area contributed by atoms with Crippen molar-refractivity contribution in [2.45, 2.75) is 33.2 Å². The number of nitrogens with two attached hydrogens (primary N) is 1. The Morgan fingerprint density at radius 3 is 2.69 bits per heavy atom. The molecule has 0 aliphatic rings. The number of rotatable bonds is 5. The summed E-state index contributed by atoms with van der Waals surface area (Å²) in [7, 11) is 0. The van der Waals surface area contributed by atoms with Gasteiger partial charge in [-0.25, -0.2) is 0 Å². The first-order valence-corrected chi connectivity index (χ1v) is 5.69. The highest BCUT2D eigenvalue weighted by atomic mass is 16.5. The normalized spacial score (nSPS) is 12.0. The summed E-state index contributed by atoms with van der Waals surface area (Å²) < 4.78 is 5.72. The summed E-state index contributed by atoms with van der Waals surface area (Å²) in [5.41, 5.74) is 8.25. The molecule has 0 amide bonds.